The third-order valence-corrected chi connectivity index (χ3v) is 3.00. The molecule has 0 fully saturated rings. The van der Waals surface area contributed by atoms with E-state index in [1.54, 1.807) is 11.3 Å². The highest BCUT2D eigenvalue weighted by atomic mass is 32.1. The summed E-state index contributed by atoms with van der Waals surface area (Å²) < 4.78 is 0. The number of nitrogens with zero attached hydrogens (tertiary/aromatic N) is 1. The highest BCUT2D eigenvalue weighted by Gasteiger charge is 2.06. The molecule has 12 heavy (non-hydrogen) atoms. The van der Waals surface area contributed by atoms with Crippen molar-refractivity contribution in [1.29, 1.82) is 0 Å². The molecule has 0 bridgehead atoms. The van der Waals surface area contributed by atoms with Crippen LogP contribution in [0.1, 0.15) is 22.9 Å². The summed E-state index contributed by atoms with van der Waals surface area (Å²) in [6.45, 7) is 2.27. The minimum Gasteiger partial charge on any atom is -0.396 e. The summed E-state index contributed by atoms with van der Waals surface area (Å²) in [5.74, 6) is 0. The number of aromatic nitrogens is 1. The van der Waals surface area contributed by atoms with Gasteiger partial charge in [0, 0.05) is 30.1 Å². The molecule has 4 heteroatoms. The lowest BCUT2D eigenvalue weighted by molar-refractivity contribution is 0.299. The Morgan fingerprint density at radius 1 is 1.75 bits per heavy atom. The van der Waals surface area contributed by atoms with Crippen LogP contribution in [0.3, 0.4) is 0 Å². The number of aliphatic hydroxyl groups excluding tert-OH is 1. The second kappa shape index (κ2) is 4.54. The molecule has 1 atom stereocenters. The fourth-order valence-electron chi connectivity index (χ4n) is 0.878. The Kier molecular flexibility index (Phi) is 3.65. The van der Waals surface area contributed by atoms with Gasteiger partial charge in [0.1, 0.15) is 0 Å². The Bertz CT molecular complexity index is 237. The number of rotatable bonds is 4. The van der Waals surface area contributed by atoms with Crippen molar-refractivity contribution in [3.8, 4) is 0 Å². The number of aliphatic hydroxyl groups is 1. The van der Waals surface area contributed by atoms with Crippen LogP contribution in [0.15, 0.2) is 6.20 Å². The van der Waals surface area contributed by atoms with Crippen LogP contribution in [-0.2, 0) is 6.42 Å². The lowest BCUT2D eigenvalue weighted by Crippen LogP contribution is -2.10. The zero-order valence-electron chi connectivity index (χ0n) is 7.37. The SMILES string of the molecule is CNC(C)c1cnc(CCO)s1. The first-order chi connectivity index (χ1) is 5.77. The Morgan fingerprint density at radius 3 is 3.08 bits per heavy atom. The van der Waals surface area contributed by atoms with E-state index in [1.807, 2.05) is 13.2 Å². The van der Waals surface area contributed by atoms with Crippen molar-refractivity contribution in [2.45, 2.75) is 19.4 Å². The van der Waals surface area contributed by atoms with Crippen LogP contribution >= 0.6 is 11.3 Å². The molecule has 3 nitrogen and oxygen atoms in total. The predicted octanol–water partition coefficient (Wildman–Crippen LogP) is 0.958. The number of hydrogen-bond acceptors (Lipinski definition) is 4. The standard InChI is InChI=1S/C8H14N2OS/c1-6(9-2)7-5-10-8(12-7)3-4-11/h5-6,9,11H,3-4H2,1-2H3. The molecule has 0 aliphatic heterocycles. The van der Waals surface area contributed by atoms with Gasteiger partial charge in [-0.05, 0) is 14.0 Å². The summed E-state index contributed by atoms with van der Waals surface area (Å²) >= 11 is 1.66. The molecule has 0 aliphatic carbocycles. The summed E-state index contributed by atoms with van der Waals surface area (Å²) in [4.78, 5) is 5.42. The molecule has 2 N–H and O–H groups in total. The van der Waals surface area contributed by atoms with Gasteiger partial charge in [-0.2, -0.15) is 0 Å². The Labute approximate surface area is 76.5 Å². The Hall–Kier alpha value is -0.450. The van der Waals surface area contributed by atoms with Crippen molar-refractivity contribution in [2.75, 3.05) is 13.7 Å². The van der Waals surface area contributed by atoms with Gasteiger partial charge < -0.3 is 10.4 Å². The maximum atomic E-state index is 8.68. The van der Waals surface area contributed by atoms with Crippen molar-refractivity contribution >= 4 is 11.3 Å². The van der Waals surface area contributed by atoms with Gasteiger partial charge in [0.2, 0.25) is 0 Å². The van der Waals surface area contributed by atoms with E-state index in [0.29, 0.717) is 12.5 Å². The monoisotopic (exact) mass is 186 g/mol. The molecule has 1 unspecified atom stereocenters. The van der Waals surface area contributed by atoms with Crippen molar-refractivity contribution in [1.82, 2.24) is 10.3 Å². The number of hydrogen-bond donors (Lipinski definition) is 2. The maximum absolute atomic E-state index is 8.68. The molecule has 0 radical (unpaired) electrons. The summed E-state index contributed by atoms with van der Waals surface area (Å²) in [7, 11) is 1.93. The Balaban J connectivity index is 2.63. The smallest absolute Gasteiger partial charge is 0.0951 e. The van der Waals surface area contributed by atoms with Gasteiger partial charge in [0.05, 0.1) is 5.01 Å². The predicted molar refractivity (Wildman–Crippen MR) is 50.4 cm³/mol. The number of nitrogens with one attached hydrogen (secondary N) is 1. The molecule has 1 heterocycles. The van der Waals surface area contributed by atoms with Crippen LogP contribution in [0.5, 0.6) is 0 Å². The molecule has 1 aromatic rings. The van der Waals surface area contributed by atoms with E-state index in [9.17, 15) is 0 Å². The van der Waals surface area contributed by atoms with E-state index in [2.05, 4.69) is 17.2 Å². The maximum Gasteiger partial charge on any atom is 0.0951 e. The Morgan fingerprint density at radius 2 is 2.50 bits per heavy atom. The van der Waals surface area contributed by atoms with Crippen LogP contribution in [0.4, 0.5) is 0 Å². The molecule has 0 saturated heterocycles. The molecule has 0 spiro atoms. The van der Waals surface area contributed by atoms with E-state index >= 15 is 0 Å². The molecule has 1 rings (SSSR count). The van der Waals surface area contributed by atoms with Crippen LogP contribution in [-0.4, -0.2) is 23.7 Å². The van der Waals surface area contributed by atoms with E-state index in [1.165, 1.54) is 4.88 Å². The molecular weight excluding hydrogens is 172 g/mol. The second-order valence-electron chi connectivity index (χ2n) is 2.64. The van der Waals surface area contributed by atoms with Crippen LogP contribution in [0.25, 0.3) is 0 Å². The highest BCUT2D eigenvalue weighted by molar-refractivity contribution is 7.11. The third-order valence-electron chi connectivity index (χ3n) is 1.76. The summed E-state index contributed by atoms with van der Waals surface area (Å²) in [6, 6.07) is 0.356. The van der Waals surface area contributed by atoms with Crippen LogP contribution < -0.4 is 5.32 Å². The van der Waals surface area contributed by atoms with Crippen molar-refractivity contribution in [3.05, 3.63) is 16.1 Å². The lowest BCUT2D eigenvalue weighted by Gasteiger charge is -2.04. The minimum atomic E-state index is 0.181. The normalized spacial score (nSPS) is 13.2. The molecule has 0 aliphatic rings. The van der Waals surface area contributed by atoms with Crippen molar-refractivity contribution < 1.29 is 5.11 Å². The molecule has 68 valence electrons. The van der Waals surface area contributed by atoms with Gasteiger partial charge in [0.15, 0.2) is 0 Å². The van der Waals surface area contributed by atoms with Gasteiger partial charge >= 0.3 is 0 Å². The first-order valence-corrected chi connectivity index (χ1v) is 4.82. The zero-order chi connectivity index (χ0) is 8.97. The van der Waals surface area contributed by atoms with Gasteiger partial charge in [-0.3, -0.25) is 0 Å². The molecule has 1 aromatic heterocycles. The largest absolute Gasteiger partial charge is 0.396 e. The average Bonchev–Trinajstić information content (AvgIpc) is 2.52. The second-order valence-corrected chi connectivity index (χ2v) is 3.79. The molecule has 0 aromatic carbocycles. The van der Waals surface area contributed by atoms with Gasteiger partial charge in [-0.25, -0.2) is 4.98 Å². The van der Waals surface area contributed by atoms with Crippen LogP contribution in [0.2, 0.25) is 0 Å². The summed E-state index contributed by atoms with van der Waals surface area (Å²) in [5.41, 5.74) is 0. The van der Waals surface area contributed by atoms with Crippen molar-refractivity contribution in [3.63, 3.8) is 0 Å². The lowest BCUT2D eigenvalue weighted by atomic mass is 10.3. The van der Waals surface area contributed by atoms with Gasteiger partial charge in [0.25, 0.3) is 0 Å². The van der Waals surface area contributed by atoms with Gasteiger partial charge in [-0.1, -0.05) is 0 Å². The molecule has 0 amide bonds. The van der Waals surface area contributed by atoms with E-state index in [0.717, 1.165) is 5.01 Å². The van der Waals surface area contributed by atoms with Gasteiger partial charge in [-0.15, -0.1) is 11.3 Å². The third kappa shape index (κ3) is 2.27. The number of thiazole rings is 1. The first-order valence-electron chi connectivity index (χ1n) is 4.00. The molecule has 0 saturated carbocycles. The van der Waals surface area contributed by atoms with E-state index in [4.69, 9.17) is 5.11 Å². The van der Waals surface area contributed by atoms with E-state index < -0.39 is 0 Å². The quantitative estimate of drug-likeness (QED) is 0.736. The topological polar surface area (TPSA) is 45.2 Å². The van der Waals surface area contributed by atoms with E-state index in [-0.39, 0.29) is 6.61 Å². The fraction of sp³-hybridized carbons (Fsp3) is 0.625. The fourth-order valence-corrected chi connectivity index (χ4v) is 1.85. The average molecular weight is 186 g/mol. The minimum absolute atomic E-state index is 0.181. The molecular formula is C8H14N2OS. The highest BCUT2D eigenvalue weighted by Crippen LogP contribution is 2.20. The summed E-state index contributed by atoms with van der Waals surface area (Å²) in [6.07, 6.45) is 2.54. The van der Waals surface area contributed by atoms with Crippen LogP contribution in [0, 0.1) is 0 Å². The zero-order valence-corrected chi connectivity index (χ0v) is 8.19. The summed E-state index contributed by atoms with van der Waals surface area (Å²) in [5, 5.41) is 12.8. The van der Waals surface area contributed by atoms with Crippen molar-refractivity contribution in [2.24, 2.45) is 0 Å². The first kappa shape index (κ1) is 9.64.